The highest BCUT2D eigenvalue weighted by atomic mass is 19.1. The lowest BCUT2D eigenvalue weighted by atomic mass is 10.1. The van der Waals surface area contributed by atoms with E-state index in [4.69, 9.17) is 0 Å². The van der Waals surface area contributed by atoms with Crippen LogP contribution >= 0.6 is 0 Å². The molecule has 2 N–H and O–H groups in total. The smallest absolute Gasteiger partial charge is 0.345 e. The molecule has 0 atom stereocenters. The van der Waals surface area contributed by atoms with Crippen LogP contribution in [0.2, 0.25) is 0 Å². The second kappa shape index (κ2) is 6.39. The first kappa shape index (κ1) is 17.0. The fraction of sp³-hybridized carbons (Fsp3) is 0.474. The molecule has 0 radical (unpaired) electrons. The maximum Gasteiger partial charge on any atom is 0.345 e. The highest BCUT2D eigenvalue weighted by molar-refractivity contribution is 5.98. The van der Waals surface area contributed by atoms with E-state index in [-0.39, 0.29) is 22.7 Å². The van der Waals surface area contributed by atoms with Crippen LogP contribution in [0.25, 0.3) is 10.9 Å². The molecule has 26 heavy (non-hydrogen) atoms. The van der Waals surface area contributed by atoms with Crippen molar-refractivity contribution in [3.8, 4) is 5.75 Å². The molecule has 2 aromatic rings. The molecule has 138 valence electrons. The number of benzene rings is 1. The number of halogens is 1. The van der Waals surface area contributed by atoms with Crippen LogP contribution in [-0.4, -0.2) is 53.8 Å². The minimum Gasteiger partial charge on any atom is -0.506 e. The van der Waals surface area contributed by atoms with Gasteiger partial charge in [-0.05, 0) is 12.6 Å². The minimum absolute atomic E-state index is 0.187. The van der Waals surface area contributed by atoms with Crippen LogP contribution in [0.1, 0.15) is 36.2 Å². The lowest BCUT2D eigenvalue weighted by Gasteiger charge is -2.35. The van der Waals surface area contributed by atoms with Gasteiger partial charge in [0, 0.05) is 45.1 Å². The maximum absolute atomic E-state index is 14.8. The number of carboxylic acid groups (broad SMARTS) is 1. The first-order valence-electron chi connectivity index (χ1n) is 9.10. The van der Waals surface area contributed by atoms with Crippen LogP contribution in [-0.2, 0) is 0 Å². The standard InChI is InChI=1S/C19H22FN3O3/c1-2-21-5-7-22(8-6-21)17-10-16-13(9-15(17)20)18(24)14(19(25)26)11-23(16)12-3-4-12/h9-12H,2-8H2,1H3,(H,25,26)/p+1. The molecule has 1 aliphatic heterocycles. The van der Waals surface area contributed by atoms with E-state index in [1.54, 1.807) is 6.07 Å². The van der Waals surface area contributed by atoms with Crippen LogP contribution in [0, 0.1) is 5.82 Å². The van der Waals surface area contributed by atoms with Crippen LogP contribution in [0.5, 0.6) is 5.75 Å². The van der Waals surface area contributed by atoms with Gasteiger partial charge in [-0.25, -0.2) is 9.18 Å². The van der Waals surface area contributed by atoms with Crippen molar-refractivity contribution in [2.24, 2.45) is 0 Å². The van der Waals surface area contributed by atoms with Gasteiger partial charge in [0.05, 0.1) is 11.1 Å². The Balaban J connectivity index is 1.82. The Hall–Kier alpha value is -2.41. The van der Waals surface area contributed by atoms with Gasteiger partial charge in [-0.1, -0.05) is 6.92 Å². The Bertz CT molecular complexity index is 874. The Morgan fingerprint density at radius 2 is 1.96 bits per heavy atom. The van der Waals surface area contributed by atoms with Crippen LogP contribution in [0.15, 0.2) is 18.3 Å². The number of carboxylic acids is 1. The van der Waals surface area contributed by atoms with Crippen molar-refractivity contribution in [3.63, 3.8) is 0 Å². The molecule has 6 nitrogen and oxygen atoms in total. The normalized spacial score (nSPS) is 18.5. The molecule has 2 fully saturated rings. The van der Waals surface area contributed by atoms with Gasteiger partial charge >= 0.3 is 5.97 Å². The fourth-order valence-corrected chi connectivity index (χ4v) is 3.73. The number of anilines is 1. The zero-order valence-corrected chi connectivity index (χ0v) is 14.8. The number of aromatic hydroxyl groups is 1. The maximum atomic E-state index is 14.8. The van der Waals surface area contributed by atoms with E-state index in [1.807, 2.05) is 9.47 Å². The van der Waals surface area contributed by atoms with Crippen molar-refractivity contribution >= 4 is 22.6 Å². The predicted octanol–water partition coefficient (Wildman–Crippen LogP) is 2.15. The van der Waals surface area contributed by atoms with Gasteiger partial charge in [-0.3, -0.25) is 0 Å². The Morgan fingerprint density at radius 3 is 2.54 bits per heavy atom. The summed E-state index contributed by atoms with van der Waals surface area (Å²) in [5, 5.41) is 20.0. The molecule has 2 heterocycles. The predicted molar refractivity (Wildman–Crippen MR) is 95.3 cm³/mol. The van der Waals surface area contributed by atoms with Gasteiger partial charge in [0.1, 0.15) is 11.6 Å². The minimum atomic E-state index is -1.21. The highest BCUT2D eigenvalue weighted by Crippen LogP contribution is 2.36. The van der Waals surface area contributed by atoms with Gasteiger partial charge in [0.25, 0.3) is 0 Å². The number of aromatic nitrogens is 1. The Morgan fingerprint density at radius 1 is 1.27 bits per heavy atom. The summed E-state index contributed by atoms with van der Waals surface area (Å²) in [5.41, 5.74) is 1.02. The molecule has 0 amide bonds. The summed E-state index contributed by atoms with van der Waals surface area (Å²) in [6.07, 6.45) is 3.41. The summed E-state index contributed by atoms with van der Waals surface area (Å²) in [6.45, 7) is 6.38. The molecule has 0 spiro atoms. The molecule has 1 saturated heterocycles. The van der Waals surface area contributed by atoms with E-state index in [0.717, 1.165) is 45.6 Å². The van der Waals surface area contributed by atoms with E-state index in [1.165, 1.54) is 12.3 Å². The first-order chi connectivity index (χ1) is 12.5. The number of fused-ring (bicyclic) bond motifs is 1. The number of aromatic carboxylic acids is 1. The number of piperazine rings is 1. The SMILES string of the molecule is CCN1CCN(c2cc3c(cc2F)c(O)c(C(=O)O)c[n+]3C2CC2)CC1. The van der Waals surface area contributed by atoms with E-state index in [0.29, 0.717) is 11.2 Å². The Labute approximate surface area is 151 Å². The molecule has 1 aliphatic carbocycles. The van der Waals surface area contributed by atoms with E-state index in [9.17, 15) is 19.4 Å². The Kier molecular flexibility index (Phi) is 4.19. The van der Waals surface area contributed by atoms with E-state index >= 15 is 0 Å². The van der Waals surface area contributed by atoms with Crippen LogP contribution in [0.4, 0.5) is 10.1 Å². The summed E-state index contributed by atoms with van der Waals surface area (Å²) >= 11 is 0. The van der Waals surface area contributed by atoms with Crippen LogP contribution < -0.4 is 9.47 Å². The highest BCUT2D eigenvalue weighted by Gasteiger charge is 2.36. The molecule has 1 saturated carbocycles. The first-order valence-corrected chi connectivity index (χ1v) is 9.10. The monoisotopic (exact) mass is 360 g/mol. The number of nitrogens with zero attached hydrogens (tertiary/aromatic N) is 3. The largest absolute Gasteiger partial charge is 0.506 e. The van der Waals surface area contributed by atoms with Crippen molar-refractivity contribution in [2.75, 3.05) is 37.6 Å². The van der Waals surface area contributed by atoms with Crippen molar-refractivity contribution in [2.45, 2.75) is 25.8 Å². The number of hydrogen-bond donors (Lipinski definition) is 2. The molecule has 7 heteroatoms. The van der Waals surface area contributed by atoms with Crippen LogP contribution in [0.3, 0.4) is 0 Å². The van der Waals surface area contributed by atoms with Gasteiger partial charge in [-0.15, -0.1) is 0 Å². The molecule has 2 aliphatic rings. The lowest BCUT2D eigenvalue weighted by Crippen LogP contribution is -2.46. The van der Waals surface area contributed by atoms with Gasteiger partial charge in [-0.2, -0.15) is 4.57 Å². The molecule has 4 rings (SSSR count). The number of likely N-dealkylation sites (N-methyl/N-ethyl adjacent to an activating group) is 1. The summed E-state index contributed by atoms with van der Waals surface area (Å²) in [5.74, 6) is -2.01. The van der Waals surface area contributed by atoms with E-state index < -0.39 is 11.8 Å². The molecule has 1 aromatic heterocycles. The van der Waals surface area contributed by atoms with E-state index in [2.05, 4.69) is 11.8 Å². The summed E-state index contributed by atoms with van der Waals surface area (Å²) < 4.78 is 16.7. The third-order valence-electron chi connectivity index (χ3n) is 5.45. The molecule has 1 aromatic carbocycles. The van der Waals surface area contributed by atoms with Gasteiger partial charge < -0.3 is 20.0 Å². The quantitative estimate of drug-likeness (QED) is 0.818. The molecular weight excluding hydrogens is 337 g/mol. The van der Waals surface area contributed by atoms with Gasteiger partial charge in [0.2, 0.25) is 5.52 Å². The number of carbonyl (C=O) groups is 1. The molecular formula is C19H23FN3O3+. The number of hydrogen-bond acceptors (Lipinski definition) is 4. The topological polar surface area (TPSA) is 67.9 Å². The zero-order valence-electron chi connectivity index (χ0n) is 14.8. The zero-order chi connectivity index (χ0) is 18.4. The lowest BCUT2D eigenvalue weighted by molar-refractivity contribution is -0.675. The summed E-state index contributed by atoms with van der Waals surface area (Å²) in [4.78, 5) is 15.8. The van der Waals surface area contributed by atoms with Crippen molar-refractivity contribution in [1.29, 1.82) is 0 Å². The molecule has 0 bridgehead atoms. The number of rotatable bonds is 4. The van der Waals surface area contributed by atoms with Crippen molar-refractivity contribution in [3.05, 3.63) is 29.7 Å². The molecule has 0 unspecified atom stereocenters. The van der Waals surface area contributed by atoms with Crippen molar-refractivity contribution < 1.29 is 24.0 Å². The fourth-order valence-electron chi connectivity index (χ4n) is 3.73. The number of pyridine rings is 1. The second-order valence-electron chi connectivity index (χ2n) is 7.08. The average molecular weight is 360 g/mol. The summed E-state index contributed by atoms with van der Waals surface area (Å²) in [7, 11) is 0. The third-order valence-corrected chi connectivity index (χ3v) is 5.45. The third kappa shape index (κ3) is 2.86. The van der Waals surface area contributed by atoms with Crippen molar-refractivity contribution in [1.82, 2.24) is 4.90 Å². The van der Waals surface area contributed by atoms with Gasteiger partial charge in [0.15, 0.2) is 17.8 Å². The second-order valence-corrected chi connectivity index (χ2v) is 7.08. The average Bonchev–Trinajstić information content (AvgIpc) is 3.47. The summed E-state index contributed by atoms with van der Waals surface area (Å²) in [6, 6.07) is 3.25.